The lowest BCUT2D eigenvalue weighted by Crippen LogP contribution is -2.45. The molecule has 3 aliphatic carbocycles. The third kappa shape index (κ3) is 2.49. The van der Waals surface area contributed by atoms with Crippen LogP contribution in [-0.4, -0.2) is 32.2 Å². The molecule has 0 N–H and O–H groups in total. The quantitative estimate of drug-likeness (QED) is 0.755. The fourth-order valence-corrected chi connectivity index (χ4v) is 6.90. The van der Waals surface area contributed by atoms with E-state index in [1.165, 1.54) is 30.4 Å². The number of fused-ring (bicyclic) bond motifs is 7. The Kier molecular flexibility index (Phi) is 3.87. The maximum absolute atomic E-state index is 6.41. The molecule has 1 aromatic carbocycles. The normalized spacial score (nSPS) is 41.3. The van der Waals surface area contributed by atoms with Crippen molar-refractivity contribution in [2.75, 3.05) is 14.2 Å². The van der Waals surface area contributed by atoms with Crippen LogP contribution < -0.4 is 9.47 Å². The van der Waals surface area contributed by atoms with Gasteiger partial charge in [-0.05, 0) is 80.8 Å². The van der Waals surface area contributed by atoms with Crippen LogP contribution in [0.25, 0.3) is 0 Å². The fraction of sp³-hybridized carbons (Fsp3) is 0.739. The van der Waals surface area contributed by atoms with Crippen LogP contribution in [0.1, 0.15) is 63.5 Å². The minimum Gasteiger partial charge on any atom is -0.497 e. The van der Waals surface area contributed by atoms with Crippen LogP contribution in [0.3, 0.4) is 0 Å². The summed E-state index contributed by atoms with van der Waals surface area (Å²) in [5.74, 6) is 3.43. The van der Waals surface area contributed by atoms with Crippen LogP contribution in [0.2, 0.25) is 0 Å². The van der Waals surface area contributed by atoms with Crippen molar-refractivity contribution < 1.29 is 18.9 Å². The molecule has 0 amide bonds. The van der Waals surface area contributed by atoms with E-state index in [0.717, 1.165) is 24.3 Å². The summed E-state index contributed by atoms with van der Waals surface area (Å²) in [5, 5.41) is 0. The molecule has 2 saturated carbocycles. The molecule has 0 aromatic heterocycles. The lowest BCUT2D eigenvalue weighted by Gasteiger charge is -2.50. The first-order chi connectivity index (χ1) is 12.9. The second kappa shape index (κ2) is 5.87. The van der Waals surface area contributed by atoms with Crippen LogP contribution in [0.15, 0.2) is 12.1 Å². The Morgan fingerprint density at radius 2 is 1.85 bits per heavy atom. The number of aryl methyl sites for hydroxylation is 1. The predicted molar refractivity (Wildman–Crippen MR) is 103 cm³/mol. The van der Waals surface area contributed by atoms with Gasteiger partial charge in [0, 0.05) is 11.6 Å². The first-order valence-corrected chi connectivity index (χ1v) is 10.5. The number of benzene rings is 1. The van der Waals surface area contributed by atoms with Crippen LogP contribution in [0.4, 0.5) is 0 Å². The van der Waals surface area contributed by atoms with Crippen molar-refractivity contribution in [2.45, 2.75) is 76.8 Å². The lowest BCUT2D eigenvalue weighted by molar-refractivity contribution is -0.178. The molecule has 0 unspecified atom stereocenters. The zero-order chi connectivity index (χ0) is 19.0. The number of rotatable bonds is 2. The highest BCUT2D eigenvalue weighted by atomic mass is 16.8. The van der Waals surface area contributed by atoms with E-state index in [2.05, 4.69) is 32.9 Å². The van der Waals surface area contributed by atoms with E-state index < -0.39 is 5.79 Å². The predicted octanol–water partition coefficient (Wildman–Crippen LogP) is 4.69. The maximum atomic E-state index is 6.41. The SMILES string of the molecule is COc1cc2c(c(OC)c1)[C@H]1CC[C@]3(C)[C@@H]4OC(C)(C)O[C@@H]4C[C@H]3[C@H]1CC2. The fourth-order valence-electron chi connectivity index (χ4n) is 6.90. The van der Waals surface area contributed by atoms with Gasteiger partial charge in [-0.1, -0.05) is 6.92 Å². The minimum atomic E-state index is -0.431. The van der Waals surface area contributed by atoms with Crippen molar-refractivity contribution in [1.29, 1.82) is 0 Å². The average Bonchev–Trinajstić information content (AvgIpc) is 3.10. The Morgan fingerprint density at radius 3 is 2.59 bits per heavy atom. The Bertz CT molecular complexity index is 740. The standard InChI is InChI=1S/C23H32O4/c1-22(2)26-19-12-17-15-7-6-13-10-14(24-4)11-18(25-5)20(13)16(15)8-9-23(17,3)21(19)27-22/h10-11,15-17,19,21H,6-9,12H2,1-5H3/t15-,16-,17-,19+,21+,23-/m0/s1. The molecule has 3 fully saturated rings. The van der Waals surface area contributed by atoms with Crippen molar-refractivity contribution in [3.05, 3.63) is 23.3 Å². The molecule has 0 radical (unpaired) electrons. The van der Waals surface area contributed by atoms with Crippen LogP contribution in [-0.2, 0) is 15.9 Å². The highest BCUT2D eigenvalue weighted by Crippen LogP contribution is 2.64. The minimum absolute atomic E-state index is 0.233. The average molecular weight is 373 g/mol. The van der Waals surface area contributed by atoms with E-state index in [1.54, 1.807) is 14.2 Å². The van der Waals surface area contributed by atoms with Crippen molar-refractivity contribution in [2.24, 2.45) is 17.3 Å². The third-order valence-electron chi connectivity index (χ3n) is 7.97. The van der Waals surface area contributed by atoms with Crippen LogP contribution in [0.5, 0.6) is 11.5 Å². The molecule has 5 rings (SSSR count). The molecular weight excluding hydrogens is 340 g/mol. The van der Waals surface area contributed by atoms with Crippen LogP contribution >= 0.6 is 0 Å². The molecular formula is C23H32O4. The van der Waals surface area contributed by atoms with E-state index in [0.29, 0.717) is 17.8 Å². The van der Waals surface area contributed by atoms with Crippen molar-refractivity contribution in [3.8, 4) is 11.5 Å². The molecule has 148 valence electrons. The van der Waals surface area contributed by atoms with Crippen molar-refractivity contribution in [3.63, 3.8) is 0 Å². The van der Waals surface area contributed by atoms with Gasteiger partial charge >= 0.3 is 0 Å². The Hall–Kier alpha value is -1.26. The third-order valence-corrected chi connectivity index (χ3v) is 7.97. The molecule has 27 heavy (non-hydrogen) atoms. The van der Waals surface area contributed by atoms with Gasteiger partial charge < -0.3 is 18.9 Å². The number of hydrogen-bond donors (Lipinski definition) is 0. The summed E-state index contributed by atoms with van der Waals surface area (Å²) in [7, 11) is 3.52. The summed E-state index contributed by atoms with van der Waals surface area (Å²) in [6.07, 6.45) is 6.41. The van der Waals surface area contributed by atoms with Gasteiger partial charge in [-0.2, -0.15) is 0 Å². The second-order valence-corrected chi connectivity index (χ2v) is 9.69. The summed E-state index contributed by atoms with van der Waals surface area (Å²) in [4.78, 5) is 0. The van der Waals surface area contributed by atoms with Gasteiger partial charge in [0.2, 0.25) is 0 Å². The number of methoxy groups -OCH3 is 2. The van der Waals surface area contributed by atoms with Crippen molar-refractivity contribution >= 4 is 0 Å². The molecule has 1 saturated heterocycles. The number of hydrogen-bond acceptors (Lipinski definition) is 4. The zero-order valence-electron chi connectivity index (χ0n) is 17.2. The van der Waals surface area contributed by atoms with Gasteiger partial charge in [-0.15, -0.1) is 0 Å². The molecule has 4 aliphatic rings. The molecule has 1 heterocycles. The van der Waals surface area contributed by atoms with Crippen LogP contribution in [0, 0.1) is 17.3 Å². The molecule has 6 atom stereocenters. The van der Waals surface area contributed by atoms with Gasteiger partial charge in [0.1, 0.15) is 11.5 Å². The first kappa shape index (κ1) is 17.8. The summed E-state index contributed by atoms with van der Waals surface area (Å²) in [6.45, 7) is 6.58. The van der Waals surface area contributed by atoms with E-state index >= 15 is 0 Å². The van der Waals surface area contributed by atoms with E-state index in [1.807, 2.05) is 0 Å². The van der Waals surface area contributed by atoms with Gasteiger partial charge in [0.15, 0.2) is 5.79 Å². The van der Waals surface area contributed by atoms with E-state index in [9.17, 15) is 0 Å². The summed E-state index contributed by atoms with van der Waals surface area (Å²) in [5.41, 5.74) is 3.09. The Morgan fingerprint density at radius 1 is 1.04 bits per heavy atom. The highest BCUT2D eigenvalue weighted by Gasteiger charge is 2.63. The molecule has 1 aliphatic heterocycles. The van der Waals surface area contributed by atoms with Gasteiger partial charge in [0.25, 0.3) is 0 Å². The summed E-state index contributed by atoms with van der Waals surface area (Å²) in [6, 6.07) is 4.28. The molecule has 4 nitrogen and oxygen atoms in total. The Balaban J connectivity index is 1.50. The van der Waals surface area contributed by atoms with E-state index in [-0.39, 0.29) is 17.6 Å². The monoisotopic (exact) mass is 372 g/mol. The van der Waals surface area contributed by atoms with Gasteiger partial charge in [-0.3, -0.25) is 0 Å². The van der Waals surface area contributed by atoms with Crippen molar-refractivity contribution in [1.82, 2.24) is 0 Å². The Labute approximate surface area is 162 Å². The smallest absolute Gasteiger partial charge is 0.163 e. The molecule has 0 spiro atoms. The summed E-state index contributed by atoms with van der Waals surface area (Å²) >= 11 is 0. The lowest BCUT2D eigenvalue weighted by atomic mass is 9.55. The second-order valence-electron chi connectivity index (χ2n) is 9.69. The van der Waals surface area contributed by atoms with Gasteiger partial charge in [-0.25, -0.2) is 0 Å². The maximum Gasteiger partial charge on any atom is 0.163 e. The largest absolute Gasteiger partial charge is 0.497 e. The van der Waals surface area contributed by atoms with Gasteiger partial charge in [0.05, 0.1) is 26.4 Å². The molecule has 0 bridgehead atoms. The first-order valence-electron chi connectivity index (χ1n) is 10.5. The molecule has 4 heteroatoms. The highest BCUT2D eigenvalue weighted by molar-refractivity contribution is 5.50. The van der Waals surface area contributed by atoms with E-state index in [4.69, 9.17) is 18.9 Å². The molecule has 1 aromatic rings. The topological polar surface area (TPSA) is 36.9 Å². The summed E-state index contributed by atoms with van der Waals surface area (Å²) < 4.78 is 24.0. The zero-order valence-corrected chi connectivity index (χ0v) is 17.2. The number of ether oxygens (including phenoxy) is 4.